The molecule has 0 spiro atoms. The molecule has 0 aliphatic rings. The first-order valence-electron chi connectivity index (χ1n) is 5.26. The minimum absolute atomic E-state index is 0.0727. The highest BCUT2D eigenvalue weighted by Gasteiger charge is 2.07. The van der Waals surface area contributed by atoms with Crippen molar-refractivity contribution in [2.75, 3.05) is 24.2 Å². The van der Waals surface area contributed by atoms with Crippen LogP contribution in [-0.4, -0.2) is 35.5 Å². The van der Waals surface area contributed by atoms with Crippen molar-refractivity contribution in [1.29, 1.82) is 0 Å². The first kappa shape index (κ1) is 13.7. The number of hydrogen-bond donors (Lipinski definition) is 3. The number of hydrogen-bond acceptors (Lipinski definition) is 5. The minimum atomic E-state index is -0.0727. The van der Waals surface area contributed by atoms with Crippen LogP contribution in [0.4, 0.5) is 11.8 Å². The van der Waals surface area contributed by atoms with E-state index in [-0.39, 0.29) is 18.5 Å². The van der Waals surface area contributed by atoms with Gasteiger partial charge in [-0.3, -0.25) is 4.79 Å². The summed E-state index contributed by atoms with van der Waals surface area (Å²) in [6.45, 7) is 4.01. The zero-order valence-electron chi connectivity index (χ0n) is 10.0. The van der Waals surface area contributed by atoms with Crippen LogP contribution in [0.1, 0.15) is 13.8 Å². The fourth-order valence-electron chi connectivity index (χ4n) is 1.15. The van der Waals surface area contributed by atoms with Gasteiger partial charge in [0.25, 0.3) is 0 Å². The highest BCUT2D eigenvalue weighted by atomic mass is 79.9. The monoisotopic (exact) mass is 301 g/mol. The number of anilines is 2. The lowest BCUT2D eigenvalue weighted by molar-refractivity contribution is -0.119. The van der Waals surface area contributed by atoms with E-state index in [1.807, 2.05) is 13.8 Å². The predicted octanol–water partition coefficient (Wildman–Crippen LogP) is 1.22. The molecule has 6 nitrogen and oxygen atoms in total. The lowest BCUT2D eigenvalue weighted by Crippen LogP contribution is -2.35. The molecule has 0 saturated carbocycles. The number of halogens is 1. The van der Waals surface area contributed by atoms with Crippen molar-refractivity contribution in [3.63, 3.8) is 0 Å². The van der Waals surface area contributed by atoms with Crippen molar-refractivity contribution in [2.24, 2.45) is 0 Å². The van der Waals surface area contributed by atoms with Crippen LogP contribution >= 0.6 is 15.9 Å². The molecule has 3 N–H and O–H groups in total. The molecule has 1 amide bonds. The standard InChI is InChI=1S/C10H16BrN5O/c1-6(2)15-8(17)5-13-9-7(11)4-14-10(12-3)16-9/h4,6H,5H2,1-3H3,(H,15,17)(H2,12,13,14,16). The fraction of sp³-hybridized carbons (Fsp3) is 0.500. The molecule has 0 atom stereocenters. The van der Waals surface area contributed by atoms with Gasteiger partial charge in [-0.25, -0.2) is 4.98 Å². The Morgan fingerprint density at radius 1 is 1.53 bits per heavy atom. The summed E-state index contributed by atoms with van der Waals surface area (Å²) >= 11 is 3.31. The van der Waals surface area contributed by atoms with E-state index in [0.29, 0.717) is 16.2 Å². The van der Waals surface area contributed by atoms with Gasteiger partial charge in [-0.1, -0.05) is 0 Å². The maximum Gasteiger partial charge on any atom is 0.239 e. The number of nitrogens with zero attached hydrogens (tertiary/aromatic N) is 2. The highest BCUT2D eigenvalue weighted by Crippen LogP contribution is 2.19. The van der Waals surface area contributed by atoms with E-state index >= 15 is 0 Å². The molecule has 7 heteroatoms. The van der Waals surface area contributed by atoms with Crippen LogP contribution in [0.5, 0.6) is 0 Å². The number of carbonyl (C=O) groups is 1. The summed E-state index contributed by atoms with van der Waals surface area (Å²) in [5.41, 5.74) is 0. The van der Waals surface area contributed by atoms with Gasteiger partial charge in [-0.2, -0.15) is 4.98 Å². The smallest absolute Gasteiger partial charge is 0.239 e. The summed E-state index contributed by atoms with van der Waals surface area (Å²) in [6.07, 6.45) is 1.63. The zero-order chi connectivity index (χ0) is 12.8. The van der Waals surface area contributed by atoms with Crippen molar-refractivity contribution >= 4 is 33.6 Å². The van der Waals surface area contributed by atoms with Crippen molar-refractivity contribution in [3.8, 4) is 0 Å². The van der Waals surface area contributed by atoms with Crippen molar-refractivity contribution in [1.82, 2.24) is 15.3 Å². The first-order valence-corrected chi connectivity index (χ1v) is 6.05. The Balaban J connectivity index is 2.59. The molecule has 0 unspecified atom stereocenters. The largest absolute Gasteiger partial charge is 0.360 e. The van der Waals surface area contributed by atoms with Crippen LogP contribution in [0.25, 0.3) is 0 Å². The lowest BCUT2D eigenvalue weighted by Gasteiger charge is -2.11. The summed E-state index contributed by atoms with van der Waals surface area (Å²) in [6, 6.07) is 0.131. The van der Waals surface area contributed by atoms with Gasteiger partial charge >= 0.3 is 0 Å². The predicted molar refractivity (Wildman–Crippen MR) is 71.0 cm³/mol. The van der Waals surface area contributed by atoms with Gasteiger partial charge < -0.3 is 16.0 Å². The van der Waals surface area contributed by atoms with E-state index < -0.39 is 0 Å². The van der Waals surface area contributed by atoms with Crippen LogP contribution in [0.3, 0.4) is 0 Å². The van der Waals surface area contributed by atoms with Gasteiger partial charge in [0.05, 0.1) is 11.0 Å². The molecule has 0 radical (unpaired) electrons. The minimum Gasteiger partial charge on any atom is -0.360 e. The molecule has 0 aromatic carbocycles. The molecule has 0 saturated heterocycles. The second-order valence-corrected chi connectivity index (χ2v) is 4.57. The SMILES string of the molecule is CNc1ncc(Br)c(NCC(=O)NC(C)C)n1. The topological polar surface area (TPSA) is 78.9 Å². The summed E-state index contributed by atoms with van der Waals surface area (Å²) in [5.74, 6) is 1.01. The molecule has 1 aromatic rings. The Bertz CT molecular complexity index is 396. The summed E-state index contributed by atoms with van der Waals surface area (Å²) in [4.78, 5) is 19.6. The van der Waals surface area contributed by atoms with Crippen LogP contribution in [-0.2, 0) is 4.79 Å². The molecule has 94 valence electrons. The molecule has 0 bridgehead atoms. The van der Waals surface area contributed by atoms with Gasteiger partial charge in [0.1, 0.15) is 5.82 Å². The van der Waals surface area contributed by atoms with Gasteiger partial charge in [0.2, 0.25) is 11.9 Å². The second kappa shape index (κ2) is 6.39. The quantitative estimate of drug-likeness (QED) is 0.762. The molecule has 0 fully saturated rings. The Hall–Kier alpha value is -1.37. The Morgan fingerprint density at radius 3 is 2.82 bits per heavy atom. The summed E-state index contributed by atoms with van der Waals surface area (Å²) < 4.78 is 0.717. The van der Waals surface area contributed by atoms with E-state index in [9.17, 15) is 4.79 Å². The normalized spacial score (nSPS) is 10.2. The molecule has 17 heavy (non-hydrogen) atoms. The Labute approximate surface area is 109 Å². The van der Waals surface area contributed by atoms with Crippen molar-refractivity contribution in [2.45, 2.75) is 19.9 Å². The molecule has 1 heterocycles. The first-order chi connectivity index (χ1) is 8.02. The molecule has 0 aliphatic carbocycles. The summed E-state index contributed by atoms with van der Waals surface area (Å²) in [7, 11) is 1.73. The maximum atomic E-state index is 11.4. The Morgan fingerprint density at radius 2 is 2.24 bits per heavy atom. The molecule has 0 aliphatic heterocycles. The van der Waals surface area contributed by atoms with Gasteiger partial charge in [0.15, 0.2) is 0 Å². The van der Waals surface area contributed by atoms with Crippen LogP contribution in [0.15, 0.2) is 10.7 Å². The van der Waals surface area contributed by atoms with E-state index in [1.54, 1.807) is 13.2 Å². The Kier molecular flexibility index (Phi) is 5.14. The van der Waals surface area contributed by atoms with Gasteiger partial charge in [-0.15, -0.1) is 0 Å². The number of carbonyl (C=O) groups excluding carboxylic acids is 1. The summed E-state index contributed by atoms with van der Waals surface area (Å²) in [5, 5.41) is 8.56. The van der Waals surface area contributed by atoms with Gasteiger partial charge in [0, 0.05) is 19.3 Å². The van der Waals surface area contributed by atoms with Crippen LogP contribution < -0.4 is 16.0 Å². The van der Waals surface area contributed by atoms with Crippen LogP contribution in [0.2, 0.25) is 0 Å². The molecule has 1 rings (SSSR count). The number of amides is 1. The van der Waals surface area contributed by atoms with Crippen molar-refractivity contribution < 1.29 is 4.79 Å². The van der Waals surface area contributed by atoms with Crippen molar-refractivity contribution in [3.05, 3.63) is 10.7 Å². The molecular weight excluding hydrogens is 286 g/mol. The van der Waals surface area contributed by atoms with E-state index in [2.05, 4.69) is 41.8 Å². The van der Waals surface area contributed by atoms with E-state index in [1.165, 1.54) is 0 Å². The third kappa shape index (κ3) is 4.56. The van der Waals surface area contributed by atoms with Gasteiger partial charge in [-0.05, 0) is 29.8 Å². The second-order valence-electron chi connectivity index (χ2n) is 3.72. The van der Waals surface area contributed by atoms with E-state index in [0.717, 1.165) is 0 Å². The lowest BCUT2D eigenvalue weighted by atomic mass is 10.4. The average Bonchev–Trinajstić information content (AvgIpc) is 2.27. The molecule has 1 aromatic heterocycles. The third-order valence-electron chi connectivity index (χ3n) is 1.83. The number of aromatic nitrogens is 2. The third-order valence-corrected chi connectivity index (χ3v) is 2.41. The van der Waals surface area contributed by atoms with Crippen LogP contribution in [0, 0.1) is 0 Å². The van der Waals surface area contributed by atoms with E-state index in [4.69, 9.17) is 0 Å². The number of rotatable bonds is 5. The number of nitrogens with one attached hydrogen (secondary N) is 3. The molecular formula is C10H16BrN5O. The average molecular weight is 302 g/mol. The highest BCUT2D eigenvalue weighted by molar-refractivity contribution is 9.10. The zero-order valence-corrected chi connectivity index (χ0v) is 11.6. The maximum absolute atomic E-state index is 11.4. The fourth-order valence-corrected chi connectivity index (χ4v) is 1.48.